The number of esters is 1. The predicted molar refractivity (Wildman–Crippen MR) is 80.0 cm³/mol. The molecule has 0 saturated heterocycles. The number of nitrogens with two attached hydrogens (primary N) is 1. The number of carbonyl (C=O) groups is 1. The smallest absolute Gasteiger partial charge is 0.350 e. The lowest BCUT2D eigenvalue weighted by atomic mass is 10.1. The number of ether oxygens (including phenoxy) is 1. The molecule has 0 aliphatic heterocycles. The number of nitrogen functional groups attached to an aromatic ring is 1. The third kappa shape index (κ3) is 2.46. The Hall–Kier alpha value is -1.52. The Balaban J connectivity index is 2.57. The maximum atomic E-state index is 11.6. The zero-order valence-electron chi connectivity index (χ0n) is 10.9. The molecular formula is C14H14ClNO2S. The van der Waals surface area contributed by atoms with Crippen molar-refractivity contribution in [3.05, 3.63) is 39.2 Å². The van der Waals surface area contributed by atoms with Gasteiger partial charge in [-0.05, 0) is 36.6 Å². The fourth-order valence-corrected chi connectivity index (χ4v) is 3.10. The summed E-state index contributed by atoms with van der Waals surface area (Å²) in [5.74, 6) is -0.407. The van der Waals surface area contributed by atoms with Crippen molar-refractivity contribution in [3.8, 4) is 10.4 Å². The van der Waals surface area contributed by atoms with Gasteiger partial charge in [0, 0.05) is 9.90 Å². The van der Waals surface area contributed by atoms with Crippen molar-refractivity contribution in [2.75, 3.05) is 12.8 Å². The van der Waals surface area contributed by atoms with E-state index in [-0.39, 0.29) is 0 Å². The van der Waals surface area contributed by atoms with E-state index >= 15 is 0 Å². The third-order valence-electron chi connectivity index (χ3n) is 3.00. The van der Waals surface area contributed by atoms with Crippen molar-refractivity contribution in [2.24, 2.45) is 0 Å². The second kappa shape index (κ2) is 5.23. The average molecular weight is 296 g/mol. The quantitative estimate of drug-likeness (QED) is 0.850. The number of hydrogen-bond donors (Lipinski definition) is 1. The number of hydrogen-bond acceptors (Lipinski definition) is 4. The number of carbonyl (C=O) groups excluding carboxylic acids is 1. The molecule has 2 aromatic rings. The summed E-state index contributed by atoms with van der Waals surface area (Å²) in [6, 6.07) is 5.81. The number of halogens is 1. The molecule has 0 amide bonds. The van der Waals surface area contributed by atoms with E-state index in [0.29, 0.717) is 15.6 Å². The zero-order chi connectivity index (χ0) is 14.2. The highest BCUT2D eigenvalue weighted by Gasteiger charge is 2.20. The van der Waals surface area contributed by atoms with Gasteiger partial charge in [-0.2, -0.15) is 0 Å². The molecule has 1 heterocycles. The first-order valence-corrected chi connectivity index (χ1v) is 6.88. The summed E-state index contributed by atoms with van der Waals surface area (Å²) in [5, 5.41) is 0.698. The van der Waals surface area contributed by atoms with Crippen molar-refractivity contribution < 1.29 is 9.53 Å². The molecule has 2 rings (SSSR count). The van der Waals surface area contributed by atoms with Crippen LogP contribution >= 0.6 is 22.9 Å². The monoisotopic (exact) mass is 295 g/mol. The van der Waals surface area contributed by atoms with Crippen molar-refractivity contribution in [2.45, 2.75) is 13.8 Å². The molecule has 0 aliphatic rings. The SMILES string of the molecule is COC(=O)c1sc(-c2ccc(C)c(Cl)c2)c(C)c1N. The fourth-order valence-electron chi connectivity index (χ4n) is 1.78. The van der Waals surface area contributed by atoms with Crippen molar-refractivity contribution in [1.29, 1.82) is 0 Å². The molecule has 0 unspecified atom stereocenters. The number of anilines is 1. The molecule has 1 aromatic heterocycles. The van der Waals surface area contributed by atoms with Gasteiger partial charge in [0.15, 0.2) is 0 Å². The molecule has 0 bridgehead atoms. The Kier molecular flexibility index (Phi) is 3.83. The van der Waals surface area contributed by atoms with E-state index in [4.69, 9.17) is 22.1 Å². The van der Waals surface area contributed by atoms with E-state index in [1.165, 1.54) is 18.4 Å². The van der Waals surface area contributed by atoms with Crippen LogP contribution in [0.4, 0.5) is 5.69 Å². The number of benzene rings is 1. The van der Waals surface area contributed by atoms with Gasteiger partial charge in [0.25, 0.3) is 0 Å². The zero-order valence-corrected chi connectivity index (χ0v) is 12.5. The summed E-state index contributed by atoms with van der Waals surface area (Å²) in [4.78, 5) is 13.0. The van der Waals surface area contributed by atoms with Crippen LogP contribution in [-0.4, -0.2) is 13.1 Å². The lowest BCUT2D eigenvalue weighted by Gasteiger charge is -2.03. The van der Waals surface area contributed by atoms with Crippen LogP contribution in [0.25, 0.3) is 10.4 Å². The van der Waals surface area contributed by atoms with Gasteiger partial charge in [-0.25, -0.2) is 4.79 Å². The summed E-state index contributed by atoms with van der Waals surface area (Å²) in [6.45, 7) is 3.84. The van der Waals surface area contributed by atoms with E-state index in [1.807, 2.05) is 32.0 Å². The minimum atomic E-state index is -0.407. The first kappa shape index (κ1) is 13.9. The lowest BCUT2D eigenvalue weighted by Crippen LogP contribution is -2.01. The van der Waals surface area contributed by atoms with Crippen LogP contribution in [0.1, 0.15) is 20.8 Å². The predicted octanol–water partition coefficient (Wildman–Crippen LogP) is 4.05. The summed E-state index contributed by atoms with van der Waals surface area (Å²) in [7, 11) is 1.35. The first-order valence-electron chi connectivity index (χ1n) is 5.69. The van der Waals surface area contributed by atoms with Crippen LogP contribution in [0, 0.1) is 13.8 Å². The molecule has 19 heavy (non-hydrogen) atoms. The average Bonchev–Trinajstić information content (AvgIpc) is 2.69. The molecule has 2 N–H and O–H groups in total. The first-order chi connectivity index (χ1) is 8.95. The summed E-state index contributed by atoms with van der Waals surface area (Å²) >= 11 is 7.46. The Bertz CT molecular complexity index is 649. The van der Waals surface area contributed by atoms with E-state index in [2.05, 4.69) is 0 Å². The van der Waals surface area contributed by atoms with Gasteiger partial charge in [-0.15, -0.1) is 11.3 Å². The topological polar surface area (TPSA) is 52.3 Å². The van der Waals surface area contributed by atoms with Crippen molar-refractivity contribution in [1.82, 2.24) is 0 Å². The minimum absolute atomic E-state index is 0.407. The Morgan fingerprint density at radius 1 is 1.37 bits per heavy atom. The molecule has 3 nitrogen and oxygen atoms in total. The molecule has 0 fully saturated rings. The summed E-state index contributed by atoms with van der Waals surface area (Å²) in [5.41, 5.74) is 9.29. The van der Waals surface area contributed by atoms with Crippen molar-refractivity contribution >= 4 is 34.6 Å². The Labute approximate surface area is 121 Å². The van der Waals surface area contributed by atoms with Gasteiger partial charge >= 0.3 is 5.97 Å². The van der Waals surface area contributed by atoms with E-state index in [0.717, 1.165) is 21.6 Å². The van der Waals surface area contributed by atoms with Crippen LogP contribution < -0.4 is 5.73 Å². The molecule has 0 aliphatic carbocycles. The van der Waals surface area contributed by atoms with Gasteiger partial charge in [-0.1, -0.05) is 23.7 Å². The van der Waals surface area contributed by atoms with Crippen LogP contribution in [-0.2, 0) is 4.74 Å². The number of aryl methyl sites for hydroxylation is 1. The van der Waals surface area contributed by atoms with E-state index in [1.54, 1.807) is 0 Å². The standard InChI is InChI=1S/C14H14ClNO2S/c1-7-4-5-9(6-10(7)15)12-8(2)11(16)13(19-12)14(17)18-3/h4-6H,16H2,1-3H3. The van der Waals surface area contributed by atoms with Gasteiger partial charge in [0.2, 0.25) is 0 Å². The highest BCUT2D eigenvalue weighted by molar-refractivity contribution is 7.18. The lowest BCUT2D eigenvalue weighted by molar-refractivity contribution is 0.0607. The van der Waals surface area contributed by atoms with Crippen molar-refractivity contribution in [3.63, 3.8) is 0 Å². The fraction of sp³-hybridized carbons (Fsp3) is 0.214. The van der Waals surface area contributed by atoms with E-state index < -0.39 is 5.97 Å². The summed E-state index contributed by atoms with van der Waals surface area (Å²) < 4.78 is 4.73. The van der Waals surface area contributed by atoms with Crippen LogP contribution in [0.15, 0.2) is 18.2 Å². The maximum Gasteiger partial charge on any atom is 0.350 e. The Morgan fingerprint density at radius 2 is 2.05 bits per heavy atom. The molecule has 0 radical (unpaired) electrons. The molecule has 0 saturated carbocycles. The largest absolute Gasteiger partial charge is 0.465 e. The second-order valence-electron chi connectivity index (χ2n) is 4.25. The highest BCUT2D eigenvalue weighted by Crippen LogP contribution is 2.39. The van der Waals surface area contributed by atoms with Gasteiger partial charge in [0.05, 0.1) is 12.8 Å². The van der Waals surface area contributed by atoms with Crippen LogP contribution in [0.5, 0.6) is 0 Å². The number of thiophene rings is 1. The third-order valence-corrected chi connectivity index (χ3v) is 4.74. The highest BCUT2D eigenvalue weighted by atomic mass is 35.5. The van der Waals surface area contributed by atoms with Crippen LogP contribution in [0.3, 0.4) is 0 Å². The second-order valence-corrected chi connectivity index (χ2v) is 5.68. The maximum absolute atomic E-state index is 11.6. The Morgan fingerprint density at radius 3 is 2.63 bits per heavy atom. The van der Waals surface area contributed by atoms with Crippen LogP contribution in [0.2, 0.25) is 5.02 Å². The molecule has 5 heteroatoms. The molecule has 0 atom stereocenters. The van der Waals surface area contributed by atoms with Gasteiger partial charge in [0.1, 0.15) is 4.88 Å². The minimum Gasteiger partial charge on any atom is -0.465 e. The molecule has 100 valence electrons. The van der Waals surface area contributed by atoms with Gasteiger partial charge < -0.3 is 10.5 Å². The molecular weight excluding hydrogens is 282 g/mol. The number of rotatable bonds is 2. The van der Waals surface area contributed by atoms with E-state index in [9.17, 15) is 4.79 Å². The summed E-state index contributed by atoms with van der Waals surface area (Å²) in [6.07, 6.45) is 0. The molecule has 0 spiro atoms. The normalized spacial score (nSPS) is 10.5. The van der Waals surface area contributed by atoms with Gasteiger partial charge in [-0.3, -0.25) is 0 Å². The molecule has 1 aromatic carbocycles. The number of methoxy groups -OCH3 is 1.